The number of hydrogen-bond donors (Lipinski definition) is 1. The van der Waals surface area contributed by atoms with Crippen LogP contribution in [0.2, 0.25) is 0 Å². The first-order valence-electron chi connectivity index (χ1n) is 8.48. The number of sulfonamides is 1. The highest BCUT2D eigenvalue weighted by atomic mass is 32.2. The Bertz CT molecular complexity index is 979. The summed E-state index contributed by atoms with van der Waals surface area (Å²) < 4.78 is 26.9. The molecule has 0 radical (unpaired) electrons. The van der Waals surface area contributed by atoms with Gasteiger partial charge in [-0.05, 0) is 37.3 Å². The van der Waals surface area contributed by atoms with Crippen LogP contribution < -0.4 is 0 Å². The highest BCUT2D eigenvalue weighted by molar-refractivity contribution is 7.89. The van der Waals surface area contributed by atoms with Gasteiger partial charge in [-0.15, -0.1) is 0 Å². The highest BCUT2D eigenvalue weighted by Gasteiger charge is 2.30. The predicted molar refractivity (Wildman–Crippen MR) is 99.2 cm³/mol. The molecule has 0 saturated carbocycles. The third-order valence-corrected chi connectivity index (χ3v) is 6.40. The molecule has 27 heavy (non-hydrogen) atoms. The number of nitrogens with zero attached hydrogens (tertiary/aromatic N) is 2. The van der Waals surface area contributed by atoms with Crippen LogP contribution in [0, 0.1) is 6.92 Å². The first-order chi connectivity index (χ1) is 12.8. The van der Waals surface area contributed by atoms with Crippen LogP contribution in [0.1, 0.15) is 26.3 Å². The second kappa shape index (κ2) is 7.50. The molecular formula is C19H20N2O5S. The fourth-order valence-corrected chi connectivity index (χ4v) is 4.50. The maximum Gasteiger partial charge on any atom is 0.335 e. The van der Waals surface area contributed by atoms with Gasteiger partial charge in [-0.3, -0.25) is 4.79 Å². The van der Waals surface area contributed by atoms with E-state index in [1.165, 1.54) is 22.5 Å². The SMILES string of the molecule is Cc1cccc(C(=O)N2CCN(S(=O)(=O)c3cccc(C(=O)O)c3)CC2)c1. The predicted octanol–water partition coefficient (Wildman–Crippen LogP) is 1.84. The molecular weight excluding hydrogens is 368 g/mol. The molecule has 0 unspecified atom stereocenters. The molecule has 0 aromatic heterocycles. The molecule has 142 valence electrons. The van der Waals surface area contributed by atoms with Crippen molar-refractivity contribution in [1.29, 1.82) is 0 Å². The maximum absolute atomic E-state index is 12.8. The van der Waals surface area contributed by atoms with Crippen molar-refractivity contribution in [1.82, 2.24) is 9.21 Å². The molecule has 2 aromatic carbocycles. The highest BCUT2D eigenvalue weighted by Crippen LogP contribution is 2.20. The van der Waals surface area contributed by atoms with Crippen molar-refractivity contribution in [2.45, 2.75) is 11.8 Å². The van der Waals surface area contributed by atoms with Gasteiger partial charge in [0.15, 0.2) is 0 Å². The van der Waals surface area contributed by atoms with Crippen molar-refractivity contribution in [2.24, 2.45) is 0 Å². The fourth-order valence-electron chi connectivity index (χ4n) is 3.03. The number of piperazine rings is 1. The van der Waals surface area contributed by atoms with Crippen molar-refractivity contribution in [2.75, 3.05) is 26.2 Å². The Labute approximate surface area is 157 Å². The number of aryl methyl sites for hydroxylation is 1. The van der Waals surface area contributed by atoms with E-state index in [0.29, 0.717) is 5.56 Å². The summed E-state index contributed by atoms with van der Waals surface area (Å²) >= 11 is 0. The molecule has 1 saturated heterocycles. The Hall–Kier alpha value is -2.71. The molecule has 1 N–H and O–H groups in total. The van der Waals surface area contributed by atoms with Crippen molar-refractivity contribution < 1.29 is 23.1 Å². The molecule has 2 aromatic rings. The zero-order chi connectivity index (χ0) is 19.6. The van der Waals surface area contributed by atoms with E-state index in [1.807, 2.05) is 25.1 Å². The van der Waals surface area contributed by atoms with Gasteiger partial charge in [0.1, 0.15) is 0 Å². The molecule has 7 nitrogen and oxygen atoms in total. The van der Waals surface area contributed by atoms with Crippen LogP contribution >= 0.6 is 0 Å². The van der Waals surface area contributed by atoms with E-state index in [0.717, 1.165) is 11.6 Å². The summed E-state index contributed by atoms with van der Waals surface area (Å²) in [5.74, 6) is -1.30. The fraction of sp³-hybridized carbons (Fsp3) is 0.263. The molecule has 8 heteroatoms. The van der Waals surface area contributed by atoms with Gasteiger partial charge in [0.05, 0.1) is 10.5 Å². The van der Waals surface area contributed by atoms with Crippen molar-refractivity contribution in [3.8, 4) is 0 Å². The molecule has 1 aliphatic heterocycles. The van der Waals surface area contributed by atoms with Crippen LogP contribution in [-0.2, 0) is 10.0 Å². The van der Waals surface area contributed by atoms with Gasteiger partial charge in [-0.1, -0.05) is 23.8 Å². The Morgan fingerprint density at radius 1 is 0.926 bits per heavy atom. The van der Waals surface area contributed by atoms with E-state index in [9.17, 15) is 18.0 Å². The van der Waals surface area contributed by atoms with Crippen molar-refractivity contribution in [3.63, 3.8) is 0 Å². The first kappa shape index (κ1) is 19.1. The number of carbonyl (C=O) groups excluding carboxylic acids is 1. The number of carboxylic acids is 1. The second-order valence-corrected chi connectivity index (χ2v) is 8.34. The summed E-state index contributed by atoms with van der Waals surface area (Å²) in [5, 5.41) is 9.06. The topological polar surface area (TPSA) is 95.0 Å². The normalized spacial score (nSPS) is 15.5. The molecule has 0 atom stereocenters. The number of aromatic carboxylic acids is 1. The summed E-state index contributed by atoms with van der Waals surface area (Å²) in [6.45, 7) is 2.80. The van der Waals surface area contributed by atoms with Gasteiger partial charge in [0.2, 0.25) is 10.0 Å². The molecule has 1 aliphatic rings. The molecule has 0 spiro atoms. The lowest BCUT2D eigenvalue weighted by atomic mass is 10.1. The zero-order valence-electron chi connectivity index (χ0n) is 14.8. The number of carbonyl (C=O) groups is 2. The third-order valence-electron chi connectivity index (χ3n) is 4.51. The quantitative estimate of drug-likeness (QED) is 0.862. The number of rotatable bonds is 4. The maximum atomic E-state index is 12.8. The zero-order valence-corrected chi connectivity index (χ0v) is 15.6. The Kier molecular flexibility index (Phi) is 5.29. The minimum atomic E-state index is -3.81. The molecule has 0 aliphatic carbocycles. The smallest absolute Gasteiger partial charge is 0.335 e. The largest absolute Gasteiger partial charge is 0.478 e. The van der Waals surface area contributed by atoms with E-state index >= 15 is 0 Å². The lowest BCUT2D eigenvalue weighted by Crippen LogP contribution is -2.50. The summed E-state index contributed by atoms with van der Waals surface area (Å²) in [5.41, 5.74) is 1.49. The number of amides is 1. The van der Waals surface area contributed by atoms with E-state index in [2.05, 4.69) is 0 Å². The monoisotopic (exact) mass is 388 g/mol. The molecule has 0 bridgehead atoms. The average Bonchev–Trinajstić information content (AvgIpc) is 2.67. The average molecular weight is 388 g/mol. The second-order valence-electron chi connectivity index (χ2n) is 6.40. The van der Waals surface area contributed by atoms with Gasteiger partial charge in [-0.25, -0.2) is 13.2 Å². The molecule has 1 amide bonds. The summed E-state index contributed by atoms with van der Waals surface area (Å²) in [4.78, 5) is 25.2. The standard InChI is InChI=1S/C19H20N2O5S/c1-14-4-2-5-15(12-14)18(22)20-8-10-21(11-9-20)27(25,26)17-7-3-6-16(13-17)19(23)24/h2-7,12-13H,8-11H2,1H3,(H,23,24). The minimum Gasteiger partial charge on any atom is -0.478 e. The van der Waals surface area contributed by atoms with Crippen LogP contribution in [0.4, 0.5) is 0 Å². The van der Waals surface area contributed by atoms with Crippen LogP contribution in [0.15, 0.2) is 53.4 Å². The van der Waals surface area contributed by atoms with Crippen LogP contribution in [-0.4, -0.2) is 60.8 Å². The summed E-state index contributed by atoms with van der Waals surface area (Å²) in [6.07, 6.45) is 0. The number of carboxylic acid groups (broad SMARTS) is 1. The first-order valence-corrected chi connectivity index (χ1v) is 9.92. The lowest BCUT2D eigenvalue weighted by molar-refractivity contribution is 0.0687. The molecule has 3 rings (SSSR count). The van der Waals surface area contributed by atoms with E-state index in [1.54, 1.807) is 11.0 Å². The minimum absolute atomic E-state index is 0.0548. The summed E-state index contributed by atoms with van der Waals surface area (Å²) in [6, 6.07) is 12.6. The van der Waals surface area contributed by atoms with E-state index in [4.69, 9.17) is 5.11 Å². The van der Waals surface area contributed by atoms with Crippen LogP contribution in [0.3, 0.4) is 0 Å². The van der Waals surface area contributed by atoms with E-state index in [-0.39, 0.29) is 42.5 Å². The molecule has 1 heterocycles. The van der Waals surface area contributed by atoms with Gasteiger partial charge >= 0.3 is 5.97 Å². The lowest BCUT2D eigenvalue weighted by Gasteiger charge is -2.34. The Balaban J connectivity index is 1.72. The summed E-state index contributed by atoms with van der Waals surface area (Å²) in [7, 11) is -3.81. The van der Waals surface area contributed by atoms with Gasteiger partial charge in [0, 0.05) is 31.7 Å². The van der Waals surface area contributed by atoms with Gasteiger partial charge < -0.3 is 10.0 Å². The van der Waals surface area contributed by atoms with E-state index < -0.39 is 16.0 Å². The van der Waals surface area contributed by atoms with Crippen LogP contribution in [0.25, 0.3) is 0 Å². The Morgan fingerprint density at radius 3 is 2.19 bits per heavy atom. The number of hydrogen-bond acceptors (Lipinski definition) is 4. The van der Waals surface area contributed by atoms with Crippen molar-refractivity contribution in [3.05, 3.63) is 65.2 Å². The number of benzene rings is 2. The van der Waals surface area contributed by atoms with Crippen molar-refractivity contribution >= 4 is 21.9 Å². The van der Waals surface area contributed by atoms with Gasteiger partial charge in [0.25, 0.3) is 5.91 Å². The van der Waals surface area contributed by atoms with Gasteiger partial charge in [-0.2, -0.15) is 4.31 Å². The van der Waals surface area contributed by atoms with Crippen LogP contribution in [0.5, 0.6) is 0 Å². The molecule has 1 fully saturated rings. The third kappa shape index (κ3) is 4.01. The Morgan fingerprint density at radius 2 is 1.56 bits per heavy atom.